The van der Waals surface area contributed by atoms with E-state index in [2.05, 4.69) is 5.10 Å². The highest BCUT2D eigenvalue weighted by Gasteiger charge is 2.11. The van der Waals surface area contributed by atoms with Crippen LogP contribution in [0.25, 0.3) is 10.8 Å². The number of nitrogens with zero attached hydrogens (tertiary/aromatic N) is 2. The highest BCUT2D eigenvalue weighted by Crippen LogP contribution is 2.19. The van der Waals surface area contributed by atoms with Gasteiger partial charge in [0.25, 0.3) is 5.56 Å². The van der Waals surface area contributed by atoms with E-state index in [-0.39, 0.29) is 12.2 Å². The molecule has 0 saturated heterocycles. The van der Waals surface area contributed by atoms with Crippen LogP contribution in [-0.4, -0.2) is 28.6 Å². The zero-order valence-electron chi connectivity index (χ0n) is 13.6. The summed E-state index contributed by atoms with van der Waals surface area (Å²) in [4.78, 5) is 12.5. The smallest absolute Gasteiger partial charge is 0.274 e. The third-order valence-corrected chi connectivity index (χ3v) is 3.98. The maximum atomic E-state index is 12.5. The van der Waals surface area contributed by atoms with Gasteiger partial charge in [-0.15, -0.1) is 0 Å². The van der Waals surface area contributed by atoms with E-state index in [4.69, 9.17) is 9.84 Å². The van der Waals surface area contributed by atoms with E-state index in [9.17, 15) is 4.79 Å². The minimum atomic E-state index is -0.117. The third-order valence-electron chi connectivity index (χ3n) is 3.98. The summed E-state index contributed by atoms with van der Waals surface area (Å²) in [5, 5.41) is 15.1. The first-order valence-electron chi connectivity index (χ1n) is 7.95. The Labute approximate surface area is 140 Å². The molecule has 3 aromatic rings. The number of aromatic nitrogens is 2. The van der Waals surface area contributed by atoms with E-state index in [1.54, 1.807) is 7.11 Å². The molecule has 0 fully saturated rings. The number of aryl methyl sites for hydroxylation is 1. The monoisotopic (exact) mass is 324 g/mol. The van der Waals surface area contributed by atoms with E-state index >= 15 is 0 Å². The molecule has 3 rings (SSSR count). The van der Waals surface area contributed by atoms with Crippen molar-refractivity contribution in [2.75, 3.05) is 13.7 Å². The number of methoxy groups -OCH3 is 1. The lowest BCUT2D eigenvalue weighted by atomic mass is 10.0. The van der Waals surface area contributed by atoms with Crippen molar-refractivity contribution in [2.45, 2.75) is 19.4 Å². The van der Waals surface area contributed by atoms with E-state index in [0.717, 1.165) is 22.4 Å². The lowest BCUT2D eigenvalue weighted by Crippen LogP contribution is -2.25. The molecule has 124 valence electrons. The summed E-state index contributed by atoms with van der Waals surface area (Å²) in [5.74, 6) is 0.797. The highest BCUT2D eigenvalue weighted by atomic mass is 16.5. The molecule has 2 aromatic carbocycles. The molecule has 0 unspecified atom stereocenters. The van der Waals surface area contributed by atoms with Crippen LogP contribution < -0.4 is 10.3 Å². The van der Waals surface area contributed by atoms with E-state index < -0.39 is 0 Å². The molecule has 5 heteroatoms. The molecule has 1 heterocycles. The van der Waals surface area contributed by atoms with Gasteiger partial charge in [-0.3, -0.25) is 4.79 Å². The number of aliphatic hydroxyl groups excluding tert-OH is 1. The van der Waals surface area contributed by atoms with Crippen LogP contribution in [-0.2, 0) is 13.0 Å². The zero-order chi connectivity index (χ0) is 16.9. The Kier molecular flexibility index (Phi) is 4.91. The van der Waals surface area contributed by atoms with E-state index in [0.29, 0.717) is 24.8 Å². The van der Waals surface area contributed by atoms with Gasteiger partial charge in [0, 0.05) is 25.0 Å². The molecule has 1 aromatic heterocycles. The number of ether oxygens (including phenoxy) is 1. The molecule has 0 atom stereocenters. The van der Waals surface area contributed by atoms with Gasteiger partial charge in [0.2, 0.25) is 0 Å². The van der Waals surface area contributed by atoms with Crippen molar-refractivity contribution < 1.29 is 9.84 Å². The number of hydrogen-bond donors (Lipinski definition) is 1. The van der Waals surface area contributed by atoms with Gasteiger partial charge < -0.3 is 9.84 Å². The Bertz CT molecular complexity index is 902. The van der Waals surface area contributed by atoms with Crippen molar-refractivity contribution in [3.05, 3.63) is 70.1 Å². The second kappa shape index (κ2) is 7.27. The summed E-state index contributed by atoms with van der Waals surface area (Å²) in [6.45, 7) is 0.442. The van der Waals surface area contributed by atoms with Gasteiger partial charge in [-0.05, 0) is 30.2 Å². The quantitative estimate of drug-likeness (QED) is 0.756. The van der Waals surface area contributed by atoms with Gasteiger partial charge in [0.1, 0.15) is 5.75 Å². The number of rotatable bonds is 6. The van der Waals surface area contributed by atoms with E-state index in [1.165, 1.54) is 4.68 Å². The molecular formula is C19H20N2O3. The average Bonchev–Trinajstić information content (AvgIpc) is 2.63. The van der Waals surface area contributed by atoms with Crippen molar-refractivity contribution in [3.63, 3.8) is 0 Å². The Hall–Kier alpha value is -2.66. The maximum Gasteiger partial charge on any atom is 0.274 e. The van der Waals surface area contributed by atoms with Crippen molar-refractivity contribution >= 4 is 10.8 Å². The predicted molar refractivity (Wildman–Crippen MR) is 93.5 cm³/mol. The summed E-state index contributed by atoms with van der Waals surface area (Å²) < 4.78 is 6.73. The van der Waals surface area contributed by atoms with Crippen LogP contribution in [0.4, 0.5) is 0 Å². The van der Waals surface area contributed by atoms with Crippen molar-refractivity contribution in [3.8, 4) is 5.75 Å². The Morgan fingerprint density at radius 2 is 1.92 bits per heavy atom. The van der Waals surface area contributed by atoms with Crippen LogP contribution >= 0.6 is 0 Å². The summed E-state index contributed by atoms with van der Waals surface area (Å²) in [6, 6.07) is 15.3. The van der Waals surface area contributed by atoms with Gasteiger partial charge in [-0.1, -0.05) is 30.3 Å². The molecule has 24 heavy (non-hydrogen) atoms. The Morgan fingerprint density at radius 1 is 1.12 bits per heavy atom. The van der Waals surface area contributed by atoms with Crippen LogP contribution in [0.5, 0.6) is 5.75 Å². The van der Waals surface area contributed by atoms with Gasteiger partial charge >= 0.3 is 0 Å². The van der Waals surface area contributed by atoms with Gasteiger partial charge in [-0.2, -0.15) is 5.10 Å². The lowest BCUT2D eigenvalue weighted by molar-refractivity contribution is 0.275. The normalized spacial score (nSPS) is 10.9. The van der Waals surface area contributed by atoms with Crippen LogP contribution in [0.3, 0.4) is 0 Å². The second-order valence-corrected chi connectivity index (χ2v) is 5.63. The SMILES string of the molecule is COc1cccc(Cc2nn(CCCO)c(=O)c3ccccc23)c1. The molecule has 0 spiro atoms. The molecule has 0 saturated carbocycles. The van der Waals surface area contributed by atoms with Gasteiger partial charge in [-0.25, -0.2) is 4.68 Å². The maximum absolute atomic E-state index is 12.5. The Balaban J connectivity index is 2.08. The third kappa shape index (κ3) is 3.31. The first kappa shape index (κ1) is 16.2. The number of aliphatic hydroxyl groups is 1. The van der Waals surface area contributed by atoms with Crippen molar-refractivity contribution in [2.24, 2.45) is 0 Å². The lowest BCUT2D eigenvalue weighted by Gasteiger charge is -2.11. The standard InChI is InChI=1S/C19H20N2O3/c1-24-15-7-4-6-14(12-15)13-18-16-8-2-3-9-17(16)19(23)21(20-18)10-5-11-22/h2-4,6-9,12,22H,5,10-11,13H2,1H3. The number of fused-ring (bicyclic) bond motifs is 1. The first-order chi connectivity index (χ1) is 11.7. The van der Waals surface area contributed by atoms with Crippen molar-refractivity contribution in [1.29, 1.82) is 0 Å². The molecule has 1 N–H and O–H groups in total. The summed E-state index contributed by atoms with van der Waals surface area (Å²) in [6.07, 6.45) is 1.11. The molecule has 5 nitrogen and oxygen atoms in total. The van der Waals surface area contributed by atoms with E-state index in [1.807, 2.05) is 48.5 Å². The van der Waals surface area contributed by atoms with Crippen LogP contribution in [0.2, 0.25) is 0 Å². The fourth-order valence-corrected chi connectivity index (χ4v) is 2.78. The summed E-state index contributed by atoms with van der Waals surface area (Å²) >= 11 is 0. The predicted octanol–water partition coefficient (Wildman–Crippen LogP) is 2.38. The molecule has 0 radical (unpaired) electrons. The van der Waals surface area contributed by atoms with Crippen LogP contribution in [0.15, 0.2) is 53.3 Å². The molecule has 0 amide bonds. The van der Waals surface area contributed by atoms with Crippen LogP contribution in [0.1, 0.15) is 17.7 Å². The Morgan fingerprint density at radius 3 is 2.67 bits per heavy atom. The highest BCUT2D eigenvalue weighted by molar-refractivity contribution is 5.83. The first-order valence-corrected chi connectivity index (χ1v) is 7.95. The molecule has 0 aliphatic rings. The zero-order valence-corrected chi connectivity index (χ0v) is 13.6. The van der Waals surface area contributed by atoms with Gasteiger partial charge in [0.05, 0.1) is 18.2 Å². The molecule has 0 aliphatic heterocycles. The largest absolute Gasteiger partial charge is 0.497 e. The molecular weight excluding hydrogens is 304 g/mol. The fraction of sp³-hybridized carbons (Fsp3) is 0.263. The topological polar surface area (TPSA) is 64.3 Å². The fourth-order valence-electron chi connectivity index (χ4n) is 2.78. The minimum absolute atomic E-state index is 0.0339. The molecule has 0 aliphatic carbocycles. The van der Waals surface area contributed by atoms with Crippen LogP contribution in [0, 0.1) is 0 Å². The number of benzene rings is 2. The molecule has 0 bridgehead atoms. The minimum Gasteiger partial charge on any atom is -0.497 e. The summed E-state index contributed by atoms with van der Waals surface area (Å²) in [7, 11) is 1.64. The van der Waals surface area contributed by atoms with Gasteiger partial charge in [0.15, 0.2) is 0 Å². The average molecular weight is 324 g/mol. The number of hydrogen-bond acceptors (Lipinski definition) is 4. The second-order valence-electron chi connectivity index (χ2n) is 5.63. The van der Waals surface area contributed by atoms with Crippen molar-refractivity contribution in [1.82, 2.24) is 9.78 Å². The summed E-state index contributed by atoms with van der Waals surface area (Å²) in [5.41, 5.74) is 1.80.